The van der Waals surface area contributed by atoms with Crippen LogP contribution in [0.25, 0.3) is 0 Å². The highest BCUT2D eigenvalue weighted by atomic mass is 16.5. The van der Waals surface area contributed by atoms with Gasteiger partial charge in [-0.15, -0.1) is 0 Å². The van der Waals surface area contributed by atoms with E-state index >= 15 is 0 Å². The number of methoxy groups -OCH3 is 1. The number of nitrogens with one attached hydrogen (secondary N) is 2. The van der Waals surface area contributed by atoms with Gasteiger partial charge in [-0.05, 0) is 60.9 Å². The van der Waals surface area contributed by atoms with E-state index in [4.69, 9.17) is 9.47 Å². The Morgan fingerprint density at radius 1 is 1.00 bits per heavy atom. The summed E-state index contributed by atoms with van der Waals surface area (Å²) in [6.07, 6.45) is 1.53. The number of carbonyl (C=O) groups is 2. The van der Waals surface area contributed by atoms with Crippen molar-refractivity contribution in [3.8, 4) is 17.6 Å². The molecule has 0 aliphatic carbocycles. The molecule has 0 unspecified atom stereocenters. The number of hydrogen-bond donors (Lipinski definition) is 2. The van der Waals surface area contributed by atoms with E-state index in [0.29, 0.717) is 22.6 Å². The Morgan fingerprint density at radius 3 is 2.56 bits per heavy atom. The Morgan fingerprint density at radius 2 is 1.78 bits per heavy atom. The van der Waals surface area contributed by atoms with Crippen molar-refractivity contribution >= 4 is 23.7 Å². The van der Waals surface area contributed by atoms with Crippen LogP contribution in [0.15, 0.2) is 65.8 Å². The summed E-state index contributed by atoms with van der Waals surface area (Å²) in [5.74, 6) is 0.398. The Balaban J connectivity index is 1.49. The Hall–Kier alpha value is -4.64. The highest BCUT2D eigenvalue weighted by Crippen LogP contribution is 2.28. The molecule has 2 N–H and O–H groups in total. The number of amides is 2. The third kappa shape index (κ3) is 7.18. The minimum Gasteiger partial charge on any atom is -0.493 e. The first-order valence-corrected chi connectivity index (χ1v) is 11.4. The molecule has 2 amide bonds. The molecule has 3 rings (SSSR count). The van der Waals surface area contributed by atoms with Crippen LogP contribution in [0.1, 0.15) is 40.7 Å². The minimum atomic E-state index is -0.370. The van der Waals surface area contributed by atoms with Gasteiger partial charge in [0, 0.05) is 24.1 Å². The van der Waals surface area contributed by atoms with Crippen LogP contribution in [0.2, 0.25) is 0 Å². The van der Waals surface area contributed by atoms with Crippen LogP contribution in [0.5, 0.6) is 11.5 Å². The molecule has 0 spiro atoms. The first kappa shape index (κ1) is 26.0. The number of anilines is 1. The van der Waals surface area contributed by atoms with Crippen molar-refractivity contribution in [2.24, 2.45) is 5.10 Å². The third-order valence-electron chi connectivity index (χ3n) is 5.57. The zero-order valence-corrected chi connectivity index (χ0v) is 20.5. The average Bonchev–Trinajstić information content (AvgIpc) is 2.89. The number of benzene rings is 3. The molecule has 0 saturated heterocycles. The first-order chi connectivity index (χ1) is 17.4. The molecule has 0 atom stereocenters. The van der Waals surface area contributed by atoms with Crippen LogP contribution in [-0.4, -0.2) is 25.1 Å². The van der Waals surface area contributed by atoms with Gasteiger partial charge in [0.1, 0.15) is 6.61 Å². The van der Waals surface area contributed by atoms with Crippen LogP contribution < -0.4 is 20.2 Å². The number of hydrogen-bond acceptors (Lipinski definition) is 6. The zero-order chi connectivity index (χ0) is 25.9. The molecule has 0 fully saturated rings. The van der Waals surface area contributed by atoms with Gasteiger partial charge in [0.25, 0.3) is 0 Å². The van der Waals surface area contributed by atoms with Gasteiger partial charge in [-0.2, -0.15) is 10.4 Å². The quantitative estimate of drug-likeness (QED) is 0.322. The fourth-order valence-corrected chi connectivity index (χ4v) is 3.36. The highest BCUT2D eigenvalue weighted by Gasteiger charge is 2.10. The van der Waals surface area contributed by atoms with Gasteiger partial charge in [0.05, 0.1) is 25.0 Å². The smallest absolute Gasteiger partial charge is 0.240 e. The average molecular weight is 485 g/mol. The summed E-state index contributed by atoms with van der Waals surface area (Å²) in [6.45, 7) is 4.14. The Kier molecular flexibility index (Phi) is 9.18. The van der Waals surface area contributed by atoms with E-state index in [9.17, 15) is 14.9 Å². The second-order valence-electron chi connectivity index (χ2n) is 8.06. The molecule has 0 radical (unpaired) electrons. The van der Waals surface area contributed by atoms with Crippen molar-refractivity contribution in [3.05, 3.63) is 88.5 Å². The third-order valence-corrected chi connectivity index (χ3v) is 5.57. The second-order valence-corrected chi connectivity index (χ2v) is 8.06. The van der Waals surface area contributed by atoms with Crippen LogP contribution in [0.3, 0.4) is 0 Å². The topological polar surface area (TPSA) is 113 Å². The van der Waals surface area contributed by atoms with E-state index in [1.54, 1.807) is 30.3 Å². The van der Waals surface area contributed by atoms with Crippen LogP contribution in [0, 0.1) is 25.2 Å². The van der Waals surface area contributed by atoms with Crippen molar-refractivity contribution in [3.63, 3.8) is 0 Å². The largest absolute Gasteiger partial charge is 0.493 e. The monoisotopic (exact) mass is 484 g/mol. The summed E-state index contributed by atoms with van der Waals surface area (Å²) in [7, 11) is 1.53. The van der Waals surface area contributed by atoms with E-state index in [-0.39, 0.29) is 31.3 Å². The zero-order valence-electron chi connectivity index (χ0n) is 20.5. The maximum absolute atomic E-state index is 12.2. The van der Waals surface area contributed by atoms with Crippen LogP contribution in [0.4, 0.5) is 5.69 Å². The van der Waals surface area contributed by atoms with E-state index in [1.807, 2.05) is 44.2 Å². The van der Waals surface area contributed by atoms with E-state index in [2.05, 4.69) is 21.9 Å². The summed E-state index contributed by atoms with van der Waals surface area (Å²) in [5, 5.41) is 16.0. The Labute approximate surface area is 210 Å². The number of rotatable bonds is 10. The van der Waals surface area contributed by atoms with Gasteiger partial charge in [0.2, 0.25) is 11.8 Å². The molecule has 0 heterocycles. The van der Waals surface area contributed by atoms with Gasteiger partial charge in [0.15, 0.2) is 11.5 Å². The molecule has 0 aliphatic heterocycles. The summed E-state index contributed by atoms with van der Waals surface area (Å²) >= 11 is 0. The maximum atomic E-state index is 12.2. The lowest BCUT2D eigenvalue weighted by Crippen LogP contribution is -2.21. The number of nitriles is 1. The summed E-state index contributed by atoms with van der Waals surface area (Å²) in [5.41, 5.74) is 7.27. The van der Waals surface area contributed by atoms with E-state index in [0.717, 1.165) is 22.4 Å². The molecule has 36 heavy (non-hydrogen) atoms. The predicted molar refractivity (Wildman–Crippen MR) is 138 cm³/mol. The SMILES string of the molecule is COc1cc(C=NNC(=O)CCC(=O)Nc2cccc(C)c2C)ccc1OCc1ccccc1C#N. The molecule has 184 valence electrons. The summed E-state index contributed by atoms with van der Waals surface area (Å²) in [4.78, 5) is 24.3. The molecule has 8 nitrogen and oxygen atoms in total. The van der Waals surface area contributed by atoms with Gasteiger partial charge >= 0.3 is 0 Å². The van der Waals surface area contributed by atoms with E-state index < -0.39 is 0 Å². The van der Waals surface area contributed by atoms with Crippen molar-refractivity contribution in [1.29, 1.82) is 5.26 Å². The Bertz CT molecular complexity index is 1310. The minimum absolute atomic E-state index is 0.00824. The normalized spacial score (nSPS) is 10.5. The highest BCUT2D eigenvalue weighted by molar-refractivity contribution is 5.94. The molecule has 3 aromatic rings. The van der Waals surface area contributed by atoms with Gasteiger partial charge in [-0.3, -0.25) is 9.59 Å². The second kappa shape index (κ2) is 12.7. The molecule has 8 heteroatoms. The molecule has 3 aromatic carbocycles. The number of aryl methyl sites for hydroxylation is 1. The molecule has 0 aliphatic rings. The van der Waals surface area contributed by atoms with Crippen molar-refractivity contribution in [2.45, 2.75) is 33.3 Å². The first-order valence-electron chi connectivity index (χ1n) is 11.4. The van der Waals surface area contributed by atoms with Crippen molar-refractivity contribution in [2.75, 3.05) is 12.4 Å². The fourth-order valence-electron chi connectivity index (χ4n) is 3.36. The predicted octanol–water partition coefficient (Wildman–Crippen LogP) is 4.63. The van der Waals surface area contributed by atoms with Gasteiger partial charge in [-0.1, -0.05) is 30.3 Å². The molecule has 0 aromatic heterocycles. The standard InChI is InChI=1S/C28H28N4O4/c1-19-7-6-10-24(20(19)2)31-27(33)13-14-28(34)32-30-17-21-11-12-25(26(15-21)35-3)36-18-23-9-5-4-8-22(23)16-29/h4-12,15,17H,13-14,18H2,1-3H3,(H,31,33)(H,32,34). The summed E-state index contributed by atoms with van der Waals surface area (Å²) < 4.78 is 11.2. The molecular formula is C28H28N4O4. The van der Waals surface area contributed by atoms with Gasteiger partial charge in [-0.25, -0.2) is 5.43 Å². The number of hydrazone groups is 1. The number of nitrogens with zero attached hydrogens (tertiary/aromatic N) is 2. The van der Waals surface area contributed by atoms with Gasteiger partial charge < -0.3 is 14.8 Å². The molecule has 0 bridgehead atoms. The van der Waals surface area contributed by atoms with E-state index in [1.165, 1.54) is 13.3 Å². The van der Waals surface area contributed by atoms with Crippen LogP contribution in [-0.2, 0) is 16.2 Å². The molecular weight excluding hydrogens is 456 g/mol. The van der Waals surface area contributed by atoms with Crippen molar-refractivity contribution < 1.29 is 19.1 Å². The van der Waals surface area contributed by atoms with Crippen molar-refractivity contribution in [1.82, 2.24) is 5.43 Å². The maximum Gasteiger partial charge on any atom is 0.240 e. The number of ether oxygens (including phenoxy) is 2. The number of carbonyl (C=O) groups excluding carboxylic acids is 2. The fraction of sp³-hybridized carbons (Fsp3) is 0.214. The molecule has 0 saturated carbocycles. The summed E-state index contributed by atoms with van der Waals surface area (Å²) in [6, 6.07) is 20.3. The lowest BCUT2D eigenvalue weighted by molar-refractivity contribution is -0.124. The lowest BCUT2D eigenvalue weighted by atomic mass is 10.1. The lowest BCUT2D eigenvalue weighted by Gasteiger charge is -2.12. The van der Waals surface area contributed by atoms with Crippen LogP contribution >= 0.6 is 0 Å².